The summed E-state index contributed by atoms with van der Waals surface area (Å²) in [6.45, 7) is 7.52. The van der Waals surface area contributed by atoms with Crippen LogP contribution in [0.25, 0.3) is 0 Å². The molecule has 1 aliphatic heterocycles. The van der Waals surface area contributed by atoms with Crippen molar-refractivity contribution in [3.63, 3.8) is 0 Å². The number of piperidine rings is 1. The summed E-state index contributed by atoms with van der Waals surface area (Å²) in [6.07, 6.45) is 2.82. The van der Waals surface area contributed by atoms with E-state index in [1.165, 1.54) is 0 Å². The standard InChI is InChI=1S/C15H23ClN2OS/c1-3-15(7-9-17-10-8-15)14(19)18(4-2)11-12-5-6-13(16)20-12/h5-6,17H,3-4,7-11H2,1-2H3. The average molecular weight is 315 g/mol. The van der Waals surface area contributed by atoms with Gasteiger partial charge in [0.2, 0.25) is 5.91 Å². The van der Waals surface area contributed by atoms with E-state index in [4.69, 9.17) is 11.6 Å². The first kappa shape index (κ1) is 15.8. The van der Waals surface area contributed by atoms with Crippen LogP contribution in [0.4, 0.5) is 0 Å². The molecule has 0 saturated carbocycles. The van der Waals surface area contributed by atoms with Gasteiger partial charge in [0, 0.05) is 11.4 Å². The Bertz CT molecular complexity index is 454. The fourth-order valence-electron chi connectivity index (χ4n) is 2.91. The maximum atomic E-state index is 13.0. The van der Waals surface area contributed by atoms with Crippen LogP contribution < -0.4 is 5.32 Å². The lowest BCUT2D eigenvalue weighted by molar-refractivity contribution is -0.144. The molecule has 2 rings (SSSR count). The molecule has 1 amide bonds. The molecule has 1 saturated heterocycles. The fraction of sp³-hybridized carbons (Fsp3) is 0.667. The summed E-state index contributed by atoms with van der Waals surface area (Å²) in [4.78, 5) is 16.1. The second kappa shape index (κ2) is 6.92. The number of hydrogen-bond acceptors (Lipinski definition) is 3. The third kappa shape index (κ3) is 3.35. The second-order valence-corrected chi connectivity index (χ2v) is 7.21. The van der Waals surface area contributed by atoms with Crippen LogP contribution in [-0.2, 0) is 11.3 Å². The summed E-state index contributed by atoms with van der Waals surface area (Å²) in [7, 11) is 0. The highest BCUT2D eigenvalue weighted by Crippen LogP contribution is 2.35. The highest BCUT2D eigenvalue weighted by molar-refractivity contribution is 7.16. The molecule has 1 aliphatic rings. The number of carbonyl (C=O) groups is 1. The number of thiophene rings is 1. The predicted octanol–water partition coefficient (Wildman–Crippen LogP) is 3.53. The Morgan fingerprint density at radius 3 is 2.60 bits per heavy atom. The van der Waals surface area contributed by atoms with Gasteiger partial charge in [-0.05, 0) is 51.4 Å². The van der Waals surface area contributed by atoms with E-state index in [2.05, 4.69) is 19.2 Å². The molecule has 1 aromatic heterocycles. The quantitative estimate of drug-likeness (QED) is 0.901. The van der Waals surface area contributed by atoms with Crippen LogP contribution in [-0.4, -0.2) is 30.4 Å². The molecule has 0 radical (unpaired) electrons. The molecule has 1 N–H and O–H groups in total. The van der Waals surface area contributed by atoms with E-state index >= 15 is 0 Å². The summed E-state index contributed by atoms with van der Waals surface area (Å²) >= 11 is 7.54. The Hall–Kier alpha value is -0.580. The van der Waals surface area contributed by atoms with E-state index in [0.717, 1.165) is 48.1 Å². The fourth-order valence-corrected chi connectivity index (χ4v) is 4.01. The van der Waals surface area contributed by atoms with Crippen molar-refractivity contribution < 1.29 is 4.79 Å². The van der Waals surface area contributed by atoms with Gasteiger partial charge in [0.05, 0.1) is 16.3 Å². The molecule has 0 spiro atoms. The van der Waals surface area contributed by atoms with E-state index < -0.39 is 0 Å². The summed E-state index contributed by atoms with van der Waals surface area (Å²) in [6, 6.07) is 3.92. The smallest absolute Gasteiger partial charge is 0.229 e. The Balaban J connectivity index is 2.11. The zero-order valence-corrected chi connectivity index (χ0v) is 13.8. The number of amides is 1. The molecule has 0 bridgehead atoms. The van der Waals surface area contributed by atoms with Crippen LogP contribution in [0.5, 0.6) is 0 Å². The van der Waals surface area contributed by atoms with Crippen molar-refractivity contribution in [1.82, 2.24) is 10.2 Å². The van der Waals surface area contributed by atoms with E-state index in [9.17, 15) is 4.79 Å². The Kier molecular flexibility index (Phi) is 5.47. The average Bonchev–Trinajstić information content (AvgIpc) is 2.90. The lowest BCUT2D eigenvalue weighted by Gasteiger charge is -2.39. The van der Waals surface area contributed by atoms with Crippen molar-refractivity contribution in [3.05, 3.63) is 21.3 Å². The SMILES string of the molecule is CCN(Cc1ccc(Cl)s1)C(=O)C1(CC)CCNCC1. The predicted molar refractivity (Wildman–Crippen MR) is 85.2 cm³/mol. The number of rotatable bonds is 5. The van der Waals surface area contributed by atoms with Gasteiger partial charge in [-0.3, -0.25) is 4.79 Å². The highest BCUT2D eigenvalue weighted by Gasteiger charge is 2.40. The molecule has 5 heteroatoms. The topological polar surface area (TPSA) is 32.3 Å². The van der Waals surface area contributed by atoms with Crippen molar-refractivity contribution in [3.8, 4) is 0 Å². The zero-order valence-electron chi connectivity index (χ0n) is 12.2. The molecule has 2 heterocycles. The number of hydrogen-bond donors (Lipinski definition) is 1. The Morgan fingerprint density at radius 2 is 2.10 bits per heavy atom. The largest absolute Gasteiger partial charge is 0.337 e. The van der Waals surface area contributed by atoms with E-state index in [1.807, 2.05) is 17.0 Å². The monoisotopic (exact) mass is 314 g/mol. The molecule has 0 aromatic carbocycles. The molecule has 0 aliphatic carbocycles. The zero-order chi connectivity index (χ0) is 14.6. The molecule has 3 nitrogen and oxygen atoms in total. The lowest BCUT2D eigenvalue weighted by atomic mass is 9.75. The van der Waals surface area contributed by atoms with Crippen molar-refractivity contribution in [2.45, 2.75) is 39.7 Å². The van der Waals surface area contributed by atoms with Crippen LogP contribution in [0.3, 0.4) is 0 Å². The van der Waals surface area contributed by atoms with Gasteiger partial charge >= 0.3 is 0 Å². The molecule has 0 atom stereocenters. The number of halogens is 1. The molecule has 0 unspecified atom stereocenters. The van der Waals surface area contributed by atoms with Crippen LogP contribution in [0.2, 0.25) is 4.34 Å². The molecule has 112 valence electrons. The van der Waals surface area contributed by atoms with Crippen molar-refractivity contribution in [2.75, 3.05) is 19.6 Å². The Morgan fingerprint density at radius 1 is 1.40 bits per heavy atom. The lowest BCUT2D eigenvalue weighted by Crippen LogP contribution is -2.48. The van der Waals surface area contributed by atoms with E-state index in [0.29, 0.717) is 12.5 Å². The first-order chi connectivity index (χ1) is 9.61. The van der Waals surface area contributed by atoms with Gasteiger partial charge in [-0.15, -0.1) is 11.3 Å². The van der Waals surface area contributed by atoms with Gasteiger partial charge in [0.1, 0.15) is 0 Å². The highest BCUT2D eigenvalue weighted by atomic mass is 35.5. The molecule has 1 aromatic rings. The number of nitrogens with one attached hydrogen (secondary N) is 1. The van der Waals surface area contributed by atoms with Gasteiger partial charge in [-0.25, -0.2) is 0 Å². The normalized spacial score (nSPS) is 17.9. The molecule has 20 heavy (non-hydrogen) atoms. The van der Waals surface area contributed by atoms with Crippen LogP contribution in [0.15, 0.2) is 12.1 Å². The minimum atomic E-state index is -0.164. The third-order valence-electron chi connectivity index (χ3n) is 4.34. The van der Waals surface area contributed by atoms with Gasteiger partial charge in [0.15, 0.2) is 0 Å². The molecule has 1 fully saturated rings. The van der Waals surface area contributed by atoms with Crippen molar-refractivity contribution in [2.24, 2.45) is 5.41 Å². The van der Waals surface area contributed by atoms with Gasteiger partial charge in [-0.2, -0.15) is 0 Å². The van der Waals surface area contributed by atoms with E-state index in [-0.39, 0.29) is 5.41 Å². The van der Waals surface area contributed by atoms with Gasteiger partial charge in [-0.1, -0.05) is 18.5 Å². The van der Waals surface area contributed by atoms with Crippen LogP contribution in [0.1, 0.15) is 38.0 Å². The second-order valence-electron chi connectivity index (χ2n) is 5.41. The summed E-state index contributed by atoms with van der Waals surface area (Å²) < 4.78 is 0.788. The van der Waals surface area contributed by atoms with Gasteiger partial charge < -0.3 is 10.2 Å². The first-order valence-corrected chi connectivity index (χ1v) is 8.55. The number of nitrogens with zero attached hydrogens (tertiary/aromatic N) is 1. The summed E-state index contributed by atoms with van der Waals surface area (Å²) in [5, 5.41) is 3.35. The van der Waals surface area contributed by atoms with Gasteiger partial charge in [0.25, 0.3) is 0 Å². The van der Waals surface area contributed by atoms with E-state index in [1.54, 1.807) is 11.3 Å². The first-order valence-electron chi connectivity index (χ1n) is 7.35. The Labute approximate surface area is 130 Å². The minimum Gasteiger partial charge on any atom is -0.337 e. The summed E-state index contributed by atoms with van der Waals surface area (Å²) in [5.74, 6) is 0.313. The molecular formula is C15H23ClN2OS. The van der Waals surface area contributed by atoms with Crippen LogP contribution in [0, 0.1) is 5.41 Å². The minimum absolute atomic E-state index is 0.164. The maximum absolute atomic E-state index is 13.0. The maximum Gasteiger partial charge on any atom is 0.229 e. The number of carbonyl (C=O) groups excluding carboxylic acids is 1. The van der Waals surface area contributed by atoms with Crippen molar-refractivity contribution >= 4 is 28.8 Å². The summed E-state index contributed by atoms with van der Waals surface area (Å²) in [5.41, 5.74) is -0.164. The third-order valence-corrected chi connectivity index (χ3v) is 5.55. The van der Waals surface area contributed by atoms with Crippen molar-refractivity contribution in [1.29, 1.82) is 0 Å². The molecular weight excluding hydrogens is 292 g/mol. The van der Waals surface area contributed by atoms with Crippen LogP contribution >= 0.6 is 22.9 Å².